The van der Waals surface area contributed by atoms with Gasteiger partial charge >= 0.3 is 0 Å². The van der Waals surface area contributed by atoms with Crippen molar-refractivity contribution >= 4 is 16.9 Å². The second kappa shape index (κ2) is 11.1. The van der Waals surface area contributed by atoms with Crippen LogP contribution in [-0.2, 0) is 30.6 Å². The van der Waals surface area contributed by atoms with Gasteiger partial charge in [0.05, 0.1) is 28.7 Å². The molecule has 0 bridgehead atoms. The lowest BCUT2D eigenvalue weighted by atomic mass is 9.91. The number of halogens is 2. The van der Waals surface area contributed by atoms with Crippen molar-refractivity contribution in [2.45, 2.75) is 57.5 Å². The van der Waals surface area contributed by atoms with Crippen LogP contribution < -0.4 is 10.3 Å². The van der Waals surface area contributed by atoms with Crippen LogP contribution >= 0.6 is 0 Å². The molecule has 1 unspecified atom stereocenters. The van der Waals surface area contributed by atoms with E-state index >= 15 is 0 Å². The van der Waals surface area contributed by atoms with Gasteiger partial charge in [0, 0.05) is 30.8 Å². The summed E-state index contributed by atoms with van der Waals surface area (Å²) >= 11 is 0. The van der Waals surface area contributed by atoms with Gasteiger partial charge in [0.2, 0.25) is 5.91 Å². The van der Waals surface area contributed by atoms with Crippen LogP contribution in [0.25, 0.3) is 11.0 Å². The van der Waals surface area contributed by atoms with Crippen LogP contribution in [0.1, 0.15) is 47.5 Å². The minimum atomic E-state index is -2.67. The Bertz CT molecular complexity index is 1490. The minimum absolute atomic E-state index is 0.0457. The number of rotatable bonds is 8. The summed E-state index contributed by atoms with van der Waals surface area (Å²) in [4.78, 5) is 38.0. The number of nitriles is 1. The summed E-state index contributed by atoms with van der Waals surface area (Å²) in [7, 11) is 3.99. The fourth-order valence-electron chi connectivity index (χ4n) is 5.43. The summed E-state index contributed by atoms with van der Waals surface area (Å²) in [5.74, 6) is 0.467. The summed E-state index contributed by atoms with van der Waals surface area (Å²) in [6.45, 7) is 0.350. The highest BCUT2D eigenvalue weighted by Gasteiger charge is 2.29. The average molecular weight is 540 g/mol. The standard InChI is InChI=1S/C27H31F2N7O3/c1-34(2)17-7-8-35(13-17)26(37)14-36-27(38)19-6-4-3-5-18(19)20(33-36)11-25-31-21-9-16(12-30)23(10-22(21)32-25)39-15-24(28)29/h9-10,17,24H,3-8,11,13-15H2,1-2H3,(H,31,32). The van der Waals surface area contributed by atoms with E-state index in [9.17, 15) is 23.6 Å². The summed E-state index contributed by atoms with van der Waals surface area (Å²) in [6, 6.07) is 5.26. The number of aromatic amines is 1. The van der Waals surface area contributed by atoms with E-state index in [4.69, 9.17) is 4.74 Å². The third kappa shape index (κ3) is 5.63. The number of H-pyrrole nitrogens is 1. The first kappa shape index (κ1) is 26.7. The number of imidazole rings is 1. The number of likely N-dealkylation sites (tertiary alicyclic amines) is 1. The van der Waals surface area contributed by atoms with E-state index in [2.05, 4.69) is 20.0 Å². The molecule has 1 aromatic carbocycles. The molecule has 5 rings (SSSR count). The number of aromatic nitrogens is 4. The van der Waals surface area contributed by atoms with Crippen molar-refractivity contribution in [1.82, 2.24) is 29.5 Å². The van der Waals surface area contributed by atoms with E-state index in [0.29, 0.717) is 53.7 Å². The van der Waals surface area contributed by atoms with Crippen molar-refractivity contribution in [3.05, 3.63) is 50.7 Å². The predicted molar refractivity (Wildman–Crippen MR) is 139 cm³/mol. The monoisotopic (exact) mass is 539 g/mol. The van der Waals surface area contributed by atoms with Gasteiger partial charge in [-0.15, -0.1) is 0 Å². The van der Waals surface area contributed by atoms with E-state index in [1.165, 1.54) is 16.8 Å². The first-order valence-corrected chi connectivity index (χ1v) is 13.1. The largest absolute Gasteiger partial charge is 0.486 e. The van der Waals surface area contributed by atoms with Crippen molar-refractivity contribution in [3.63, 3.8) is 0 Å². The van der Waals surface area contributed by atoms with Gasteiger partial charge in [0.1, 0.15) is 30.8 Å². The van der Waals surface area contributed by atoms with E-state index in [0.717, 1.165) is 31.2 Å². The Balaban J connectivity index is 1.43. The minimum Gasteiger partial charge on any atom is -0.486 e. The number of benzene rings is 1. The summed E-state index contributed by atoms with van der Waals surface area (Å²) in [5, 5.41) is 14.1. The number of nitrogens with zero attached hydrogens (tertiary/aromatic N) is 6. The fraction of sp³-hybridized carbons (Fsp3) is 0.519. The quantitative estimate of drug-likeness (QED) is 0.466. The molecule has 39 heavy (non-hydrogen) atoms. The van der Waals surface area contributed by atoms with Crippen molar-refractivity contribution in [3.8, 4) is 11.8 Å². The lowest BCUT2D eigenvalue weighted by Gasteiger charge is -2.22. The predicted octanol–water partition coefficient (Wildman–Crippen LogP) is 2.27. The molecule has 10 nitrogen and oxygen atoms in total. The maximum Gasteiger partial charge on any atom is 0.272 e. The lowest BCUT2D eigenvalue weighted by Crippen LogP contribution is -2.40. The zero-order valence-corrected chi connectivity index (χ0v) is 22.0. The second-order valence-electron chi connectivity index (χ2n) is 10.4. The lowest BCUT2D eigenvalue weighted by molar-refractivity contribution is -0.131. The maximum atomic E-state index is 13.3. The highest BCUT2D eigenvalue weighted by atomic mass is 19.3. The third-order valence-electron chi connectivity index (χ3n) is 7.53. The Morgan fingerprint density at radius 1 is 1.28 bits per heavy atom. The average Bonchev–Trinajstić information content (AvgIpc) is 3.56. The molecular formula is C27H31F2N7O3. The summed E-state index contributed by atoms with van der Waals surface area (Å²) in [6.07, 6.45) is 1.72. The van der Waals surface area contributed by atoms with Gasteiger partial charge in [-0.2, -0.15) is 10.4 Å². The maximum absolute atomic E-state index is 13.3. The molecule has 3 aromatic rings. The van der Waals surface area contributed by atoms with Gasteiger partial charge in [-0.3, -0.25) is 9.59 Å². The number of fused-ring (bicyclic) bond motifs is 2. The number of hydrogen-bond donors (Lipinski definition) is 1. The molecule has 1 fully saturated rings. The molecule has 1 aliphatic heterocycles. The van der Waals surface area contributed by atoms with Crippen LogP contribution in [0, 0.1) is 11.3 Å². The molecule has 2 aliphatic rings. The van der Waals surface area contributed by atoms with Crippen LogP contribution in [0.15, 0.2) is 16.9 Å². The zero-order valence-electron chi connectivity index (χ0n) is 22.0. The number of amides is 1. The van der Waals surface area contributed by atoms with Gasteiger partial charge < -0.3 is 19.5 Å². The molecule has 1 N–H and O–H groups in total. The molecule has 12 heteroatoms. The molecule has 0 saturated carbocycles. The first-order valence-electron chi connectivity index (χ1n) is 13.1. The Labute approximate surface area is 224 Å². The number of likely N-dealkylation sites (N-methyl/N-ethyl adjacent to an activating group) is 1. The van der Waals surface area contributed by atoms with Crippen LogP contribution in [0.5, 0.6) is 5.75 Å². The number of ether oxygens (including phenoxy) is 1. The van der Waals surface area contributed by atoms with E-state index < -0.39 is 13.0 Å². The Morgan fingerprint density at radius 3 is 2.74 bits per heavy atom. The van der Waals surface area contributed by atoms with Crippen LogP contribution in [0.4, 0.5) is 8.78 Å². The number of nitrogens with one attached hydrogen (secondary N) is 1. The molecule has 206 valence electrons. The Kier molecular flexibility index (Phi) is 7.61. The van der Waals surface area contributed by atoms with Gasteiger partial charge in [-0.1, -0.05) is 0 Å². The molecular weight excluding hydrogens is 508 g/mol. The summed E-state index contributed by atoms with van der Waals surface area (Å²) in [5.41, 5.74) is 3.23. The molecule has 3 heterocycles. The number of hydrogen-bond acceptors (Lipinski definition) is 7. The van der Waals surface area contributed by atoms with Gasteiger partial charge in [-0.05, 0) is 57.8 Å². The highest BCUT2D eigenvalue weighted by molar-refractivity contribution is 5.79. The zero-order chi connectivity index (χ0) is 27.7. The van der Waals surface area contributed by atoms with Gasteiger partial charge in [0.15, 0.2) is 0 Å². The Morgan fingerprint density at radius 2 is 2.05 bits per heavy atom. The van der Waals surface area contributed by atoms with Gasteiger partial charge in [-0.25, -0.2) is 18.4 Å². The Hall–Kier alpha value is -3.85. The van der Waals surface area contributed by atoms with Crippen molar-refractivity contribution in [1.29, 1.82) is 5.26 Å². The SMILES string of the molecule is CN(C)C1CCN(C(=O)Cn2nc(Cc3nc4cc(OCC(F)F)c(C#N)cc4[nH]3)c3c(c2=O)CCCC3)C1. The van der Waals surface area contributed by atoms with Crippen molar-refractivity contribution in [2.24, 2.45) is 0 Å². The molecule has 1 amide bonds. The topological polar surface area (TPSA) is 120 Å². The van der Waals surface area contributed by atoms with E-state index in [-0.39, 0.29) is 35.7 Å². The molecule has 1 saturated heterocycles. The highest BCUT2D eigenvalue weighted by Crippen LogP contribution is 2.27. The molecule has 0 spiro atoms. The molecule has 1 aliphatic carbocycles. The van der Waals surface area contributed by atoms with E-state index in [1.54, 1.807) is 4.90 Å². The molecule has 0 radical (unpaired) electrons. The van der Waals surface area contributed by atoms with Crippen molar-refractivity contribution < 1.29 is 18.3 Å². The third-order valence-corrected chi connectivity index (χ3v) is 7.53. The van der Waals surface area contributed by atoms with Crippen LogP contribution in [0.3, 0.4) is 0 Å². The number of carbonyl (C=O) groups is 1. The van der Waals surface area contributed by atoms with Crippen LogP contribution in [-0.4, -0.2) is 81.7 Å². The second-order valence-corrected chi connectivity index (χ2v) is 10.4. The first-order chi connectivity index (χ1) is 18.7. The normalized spacial score (nSPS) is 17.2. The van der Waals surface area contributed by atoms with Gasteiger partial charge in [0.25, 0.3) is 12.0 Å². The molecule has 2 aromatic heterocycles. The van der Waals surface area contributed by atoms with Crippen molar-refractivity contribution in [2.75, 3.05) is 33.8 Å². The fourth-order valence-corrected chi connectivity index (χ4v) is 5.43. The summed E-state index contributed by atoms with van der Waals surface area (Å²) < 4.78 is 31.7. The number of alkyl halides is 2. The van der Waals surface area contributed by atoms with Crippen LogP contribution in [0.2, 0.25) is 0 Å². The smallest absolute Gasteiger partial charge is 0.272 e. The molecule has 1 atom stereocenters. The number of carbonyl (C=O) groups excluding carboxylic acids is 1. The van der Waals surface area contributed by atoms with E-state index in [1.807, 2.05) is 20.2 Å².